The molecule has 0 fully saturated rings. The van der Waals surface area contributed by atoms with Crippen LogP contribution < -0.4 is 5.73 Å². The van der Waals surface area contributed by atoms with Crippen LogP contribution in [0.15, 0.2) is 18.3 Å². The van der Waals surface area contributed by atoms with E-state index in [9.17, 15) is 4.39 Å². The van der Waals surface area contributed by atoms with Crippen molar-refractivity contribution in [2.24, 2.45) is 5.73 Å². The van der Waals surface area contributed by atoms with Gasteiger partial charge in [-0.25, -0.2) is 4.98 Å². The summed E-state index contributed by atoms with van der Waals surface area (Å²) in [6.07, 6.45) is 1.80. The minimum atomic E-state index is -0.541. The predicted octanol–water partition coefficient (Wildman–Crippen LogP) is 0.603. The fourth-order valence-corrected chi connectivity index (χ4v) is 0.954. The molecule has 0 bridgehead atoms. The van der Waals surface area contributed by atoms with E-state index < -0.39 is 5.95 Å². The number of nitrogens with two attached hydrogens (primary N) is 1. The molecule has 66 valence electrons. The maximum absolute atomic E-state index is 12.5. The summed E-state index contributed by atoms with van der Waals surface area (Å²) in [5, 5.41) is 8.58. The van der Waals surface area contributed by atoms with Crippen molar-refractivity contribution in [3.05, 3.63) is 29.8 Å². The maximum Gasteiger partial charge on any atom is 0.213 e. The monoisotopic (exact) mass is 170 g/mol. The molecular formula is C8H11FN2O. The Bertz CT molecular complexity index is 255. The van der Waals surface area contributed by atoms with Gasteiger partial charge in [0.1, 0.15) is 0 Å². The molecule has 0 saturated heterocycles. The molecule has 1 atom stereocenters. The van der Waals surface area contributed by atoms with E-state index in [0.29, 0.717) is 12.0 Å². The first-order chi connectivity index (χ1) is 5.74. The van der Waals surface area contributed by atoms with Gasteiger partial charge in [-0.05, 0) is 24.1 Å². The third-order valence-corrected chi connectivity index (χ3v) is 1.62. The number of halogens is 1. The average Bonchev–Trinajstić information content (AvgIpc) is 2.05. The van der Waals surface area contributed by atoms with Gasteiger partial charge in [-0.3, -0.25) is 0 Å². The molecule has 0 aliphatic heterocycles. The van der Waals surface area contributed by atoms with Gasteiger partial charge in [0.15, 0.2) is 0 Å². The summed E-state index contributed by atoms with van der Waals surface area (Å²) in [7, 11) is 0. The van der Waals surface area contributed by atoms with Crippen molar-refractivity contribution in [2.75, 3.05) is 6.61 Å². The maximum atomic E-state index is 12.5. The summed E-state index contributed by atoms with van der Waals surface area (Å²) >= 11 is 0. The molecular weight excluding hydrogens is 159 g/mol. The summed E-state index contributed by atoms with van der Waals surface area (Å²) < 4.78 is 12.5. The summed E-state index contributed by atoms with van der Waals surface area (Å²) in [5.41, 5.74) is 6.28. The van der Waals surface area contributed by atoms with Crippen LogP contribution in [0.2, 0.25) is 0 Å². The molecule has 1 aromatic heterocycles. The molecule has 0 radical (unpaired) electrons. The molecule has 0 spiro atoms. The second-order valence-electron chi connectivity index (χ2n) is 2.53. The second-order valence-corrected chi connectivity index (χ2v) is 2.53. The minimum absolute atomic E-state index is 0.00507. The van der Waals surface area contributed by atoms with Crippen LogP contribution in [0.4, 0.5) is 4.39 Å². The Morgan fingerprint density at radius 3 is 3.00 bits per heavy atom. The number of pyridine rings is 1. The van der Waals surface area contributed by atoms with Gasteiger partial charge in [0.25, 0.3) is 0 Å². The Balaban J connectivity index is 2.73. The van der Waals surface area contributed by atoms with Gasteiger partial charge >= 0.3 is 0 Å². The lowest BCUT2D eigenvalue weighted by atomic mass is 10.1. The summed E-state index contributed by atoms with van der Waals surface area (Å²) in [5.74, 6) is -0.541. The van der Waals surface area contributed by atoms with Crippen molar-refractivity contribution in [1.29, 1.82) is 0 Å². The van der Waals surface area contributed by atoms with E-state index in [1.54, 1.807) is 6.07 Å². The van der Waals surface area contributed by atoms with Gasteiger partial charge in [-0.2, -0.15) is 4.39 Å². The van der Waals surface area contributed by atoms with Gasteiger partial charge in [0, 0.05) is 18.8 Å². The zero-order chi connectivity index (χ0) is 8.97. The highest BCUT2D eigenvalue weighted by atomic mass is 19.1. The first-order valence-electron chi connectivity index (χ1n) is 3.72. The lowest BCUT2D eigenvalue weighted by molar-refractivity contribution is 0.276. The molecule has 0 aromatic carbocycles. The average molecular weight is 170 g/mol. The number of hydrogen-bond donors (Lipinski definition) is 2. The van der Waals surface area contributed by atoms with Gasteiger partial charge < -0.3 is 10.8 Å². The molecule has 12 heavy (non-hydrogen) atoms. The number of hydrogen-bond acceptors (Lipinski definition) is 3. The number of aliphatic hydroxyl groups is 1. The fourth-order valence-electron chi connectivity index (χ4n) is 0.954. The molecule has 1 heterocycles. The summed E-state index contributed by atoms with van der Waals surface area (Å²) in [4.78, 5) is 3.40. The molecule has 3 nitrogen and oxygen atoms in total. The highest BCUT2D eigenvalue weighted by Crippen LogP contribution is 2.12. The molecule has 4 heteroatoms. The Kier molecular flexibility index (Phi) is 3.13. The van der Waals surface area contributed by atoms with E-state index >= 15 is 0 Å². The van der Waals surface area contributed by atoms with Crippen LogP contribution in [0.3, 0.4) is 0 Å². The fraction of sp³-hybridized carbons (Fsp3) is 0.375. The van der Waals surface area contributed by atoms with Crippen molar-refractivity contribution in [2.45, 2.75) is 12.5 Å². The molecule has 1 aromatic rings. The Morgan fingerprint density at radius 2 is 2.42 bits per heavy atom. The van der Waals surface area contributed by atoms with E-state index in [0.717, 1.165) is 0 Å². The van der Waals surface area contributed by atoms with Gasteiger partial charge in [0.2, 0.25) is 5.95 Å². The van der Waals surface area contributed by atoms with Crippen LogP contribution in [0.5, 0.6) is 0 Å². The molecule has 0 saturated carbocycles. The zero-order valence-corrected chi connectivity index (χ0v) is 6.57. The van der Waals surface area contributed by atoms with Crippen LogP contribution in [-0.2, 0) is 0 Å². The van der Waals surface area contributed by atoms with Crippen molar-refractivity contribution >= 4 is 0 Å². The van der Waals surface area contributed by atoms with Crippen LogP contribution in [0, 0.1) is 5.95 Å². The SMILES string of the molecule is N[C@H](CCO)c1ccnc(F)c1. The Labute approximate surface area is 70.0 Å². The largest absolute Gasteiger partial charge is 0.396 e. The van der Waals surface area contributed by atoms with E-state index in [1.165, 1.54) is 12.3 Å². The van der Waals surface area contributed by atoms with Gasteiger partial charge in [0.05, 0.1) is 0 Å². The third kappa shape index (κ3) is 2.25. The zero-order valence-electron chi connectivity index (χ0n) is 6.57. The Morgan fingerprint density at radius 1 is 1.67 bits per heavy atom. The summed E-state index contributed by atoms with van der Waals surface area (Å²) in [6, 6.07) is 2.61. The van der Waals surface area contributed by atoms with Crippen LogP contribution in [0.25, 0.3) is 0 Å². The van der Waals surface area contributed by atoms with Gasteiger partial charge in [-0.15, -0.1) is 0 Å². The van der Waals surface area contributed by atoms with Crippen molar-refractivity contribution in [1.82, 2.24) is 4.98 Å². The molecule has 0 aliphatic rings. The smallest absolute Gasteiger partial charge is 0.213 e. The number of rotatable bonds is 3. The van der Waals surface area contributed by atoms with Crippen LogP contribution in [0.1, 0.15) is 18.0 Å². The quantitative estimate of drug-likeness (QED) is 0.653. The topological polar surface area (TPSA) is 59.1 Å². The van der Waals surface area contributed by atoms with Crippen molar-refractivity contribution in [3.8, 4) is 0 Å². The lowest BCUT2D eigenvalue weighted by Crippen LogP contribution is -2.12. The highest BCUT2D eigenvalue weighted by Gasteiger charge is 2.05. The van der Waals surface area contributed by atoms with Crippen molar-refractivity contribution < 1.29 is 9.50 Å². The molecule has 1 rings (SSSR count). The van der Waals surface area contributed by atoms with E-state index in [-0.39, 0.29) is 12.6 Å². The highest BCUT2D eigenvalue weighted by molar-refractivity contribution is 5.14. The first-order valence-corrected chi connectivity index (χ1v) is 3.72. The second kappa shape index (κ2) is 4.13. The Hall–Kier alpha value is -1.00. The predicted molar refractivity (Wildman–Crippen MR) is 42.8 cm³/mol. The standard InChI is InChI=1S/C8H11FN2O/c9-8-5-6(1-3-11-8)7(10)2-4-12/h1,3,5,7,12H,2,4,10H2/t7-/m1/s1. The van der Waals surface area contributed by atoms with Gasteiger partial charge in [-0.1, -0.05) is 0 Å². The van der Waals surface area contributed by atoms with Crippen LogP contribution in [-0.4, -0.2) is 16.7 Å². The van der Waals surface area contributed by atoms with Crippen molar-refractivity contribution in [3.63, 3.8) is 0 Å². The third-order valence-electron chi connectivity index (χ3n) is 1.62. The lowest BCUT2D eigenvalue weighted by Gasteiger charge is -2.08. The molecule has 0 unspecified atom stereocenters. The number of nitrogens with zero attached hydrogens (tertiary/aromatic N) is 1. The normalized spacial score (nSPS) is 12.9. The van der Waals surface area contributed by atoms with E-state index in [1.807, 2.05) is 0 Å². The number of aromatic nitrogens is 1. The molecule has 0 amide bonds. The summed E-state index contributed by atoms with van der Waals surface area (Å²) in [6.45, 7) is 0.00507. The van der Waals surface area contributed by atoms with E-state index in [2.05, 4.69) is 4.98 Å². The first kappa shape index (κ1) is 9.09. The molecule has 0 aliphatic carbocycles. The molecule has 3 N–H and O–H groups in total. The number of aliphatic hydroxyl groups excluding tert-OH is 1. The van der Waals surface area contributed by atoms with E-state index in [4.69, 9.17) is 10.8 Å². The minimum Gasteiger partial charge on any atom is -0.396 e. The van der Waals surface area contributed by atoms with Crippen LogP contribution >= 0.6 is 0 Å².